The van der Waals surface area contributed by atoms with E-state index >= 15 is 0 Å². The lowest BCUT2D eigenvalue weighted by Crippen LogP contribution is -2.39. The van der Waals surface area contributed by atoms with Crippen molar-refractivity contribution in [3.05, 3.63) is 72.0 Å². The van der Waals surface area contributed by atoms with Crippen molar-refractivity contribution in [2.75, 3.05) is 19.8 Å². The second-order valence-electron chi connectivity index (χ2n) is 6.12. The zero-order chi connectivity index (χ0) is 18.7. The molecule has 0 unspecified atom stereocenters. The Morgan fingerprint density at radius 3 is 2.42 bits per heavy atom. The largest absolute Gasteiger partial charge is 0.459 e. The van der Waals surface area contributed by atoms with Gasteiger partial charge >= 0.3 is 0 Å². The van der Waals surface area contributed by atoms with Crippen LogP contribution in [0.3, 0.4) is 0 Å². The summed E-state index contributed by atoms with van der Waals surface area (Å²) < 4.78 is 30.0. The van der Waals surface area contributed by atoms with Crippen LogP contribution in [0.5, 0.6) is 0 Å². The molecule has 3 rings (SSSR count). The molecule has 0 aliphatic rings. The summed E-state index contributed by atoms with van der Waals surface area (Å²) in [6.45, 7) is -0.262. The van der Waals surface area contributed by atoms with Crippen molar-refractivity contribution in [2.45, 2.75) is 6.04 Å². The van der Waals surface area contributed by atoms with Gasteiger partial charge < -0.3 is 9.73 Å². The van der Waals surface area contributed by atoms with E-state index in [1.165, 1.54) is 7.05 Å². The van der Waals surface area contributed by atoms with Crippen molar-refractivity contribution in [1.82, 2.24) is 9.62 Å². The predicted octanol–water partition coefficient (Wildman–Crippen LogP) is 2.53. The van der Waals surface area contributed by atoms with Crippen molar-refractivity contribution in [3.8, 4) is 0 Å². The topological polar surface area (TPSA) is 79.6 Å². The Labute approximate surface area is 152 Å². The summed E-state index contributed by atoms with van der Waals surface area (Å²) in [5.41, 5.74) is 1.58. The summed E-state index contributed by atoms with van der Waals surface area (Å²) in [5, 5.41) is 3.81. The fraction of sp³-hybridized carbons (Fsp3) is 0.211. The first-order valence-electron chi connectivity index (χ1n) is 8.08. The van der Waals surface area contributed by atoms with E-state index in [4.69, 9.17) is 4.42 Å². The fourth-order valence-electron chi connectivity index (χ4n) is 2.64. The van der Waals surface area contributed by atoms with Gasteiger partial charge in [-0.15, -0.1) is 0 Å². The maximum Gasteiger partial charge on any atom is 0.236 e. The van der Waals surface area contributed by atoms with Gasteiger partial charge in [0.05, 0.1) is 12.8 Å². The third-order valence-corrected chi connectivity index (χ3v) is 5.36. The van der Waals surface area contributed by atoms with Crippen LogP contribution in [0.1, 0.15) is 17.4 Å². The molecule has 0 saturated carbocycles. The SMILES string of the molecule is CN(CC(=O)N[C@@H](c1ccccc1)c1cc2ccccc2o1)S(C)(=O)=O. The van der Waals surface area contributed by atoms with Gasteiger partial charge in [-0.05, 0) is 17.7 Å². The maximum atomic E-state index is 12.4. The Balaban J connectivity index is 1.90. The predicted molar refractivity (Wildman–Crippen MR) is 100 cm³/mol. The van der Waals surface area contributed by atoms with Crippen molar-refractivity contribution >= 4 is 26.9 Å². The first-order valence-corrected chi connectivity index (χ1v) is 9.93. The quantitative estimate of drug-likeness (QED) is 0.721. The highest BCUT2D eigenvalue weighted by molar-refractivity contribution is 7.88. The number of para-hydroxylation sites is 1. The average molecular weight is 372 g/mol. The molecule has 0 bridgehead atoms. The number of sulfonamides is 1. The van der Waals surface area contributed by atoms with Gasteiger partial charge in [0.15, 0.2) is 0 Å². The minimum atomic E-state index is -3.43. The Hall–Kier alpha value is -2.64. The average Bonchev–Trinajstić information content (AvgIpc) is 3.03. The van der Waals surface area contributed by atoms with Crippen LogP contribution in [0, 0.1) is 0 Å². The maximum absolute atomic E-state index is 12.4. The molecule has 1 heterocycles. The van der Waals surface area contributed by atoms with E-state index in [9.17, 15) is 13.2 Å². The van der Waals surface area contributed by atoms with Crippen molar-refractivity contribution in [3.63, 3.8) is 0 Å². The third-order valence-electron chi connectivity index (χ3n) is 4.10. The Bertz CT molecular complexity index is 979. The highest BCUT2D eigenvalue weighted by Gasteiger charge is 2.23. The Kier molecular flexibility index (Phi) is 5.11. The summed E-state index contributed by atoms with van der Waals surface area (Å²) in [6.07, 6.45) is 1.06. The van der Waals surface area contributed by atoms with E-state index in [1.54, 1.807) is 0 Å². The molecule has 1 aromatic heterocycles. The third kappa shape index (κ3) is 4.12. The van der Waals surface area contributed by atoms with Gasteiger partial charge in [0, 0.05) is 12.4 Å². The normalized spacial score (nSPS) is 13.0. The molecule has 3 aromatic rings. The molecule has 0 spiro atoms. The number of amides is 1. The summed E-state index contributed by atoms with van der Waals surface area (Å²) in [4.78, 5) is 12.4. The van der Waals surface area contributed by atoms with E-state index in [0.29, 0.717) is 5.76 Å². The number of hydrogen-bond acceptors (Lipinski definition) is 4. The zero-order valence-electron chi connectivity index (χ0n) is 14.5. The standard InChI is InChI=1S/C19H20N2O4S/c1-21(26(2,23)24)13-18(22)20-19(14-8-4-3-5-9-14)17-12-15-10-6-7-11-16(15)25-17/h3-12,19H,13H2,1-2H3,(H,20,22)/t19-/m0/s1. The molecule has 0 radical (unpaired) electrons. The first kappa shape index (κ1) is 18.2. The molecule has 136 valence electrons. The smallest absolute Gasteiger partial charge is 0.236 e. The number of fused-ring (bicyclic) bond motifs is 1. The van der Waals surface area contributed by atoms with Gasteiger partial charge in [-0.3, -0.25) is 4.79 Å². The molecule has 2 aromatic carbocycles. The van der Waals surface area contributed by atoms with Crippen molar-refractivity contribution in [2.24, 2.45) is 0 Å². The van der Waals surface area contributed by atoms with Crippen molar-refractivity contribution < 1.29 is 17.6 Å². The molecular weight excluding hydrogens is 352 g/mol. The molecule has 1 atom stereocenters. The molecule has 0 aliphatic heterocycles. The molecule has 1 amide bonds. The fourth-order valence-corrected chi connectivity index (χ4v) is 2.99. The van der Waals surface area contributed by atoms with Crippen LogP contribution in [-0.2, 0) is 14.8 Å². The van der Waals surface area contributed by atoms with E-state index in [0.717, 1.165) is 27.1 Å². The van der Waals surface area contributed by atoms with Gasteiger partial charge in [0.1, 0.15) is 17.4 Å². The molecule has 6 nitrogen and oxygen atoms in total. The lowest BCUT2D eigenvalue weighted by Gasteiger charge is -2.19. The van der Waals surface area contributed by atoms with Gasteiger partial charge in [-0.25, -0.2) is 8.42 Å². The molecule has 7 heteroatoms. The number of rotatable bonds is 6. The molecular formula is C19H20N2O4S. The number of nitrogens with zero attached hydrogens (tertiary/aromatic N) is 1. The highest BCUT2D eigenvalue weighted by atomic mass is 32.2. The monoisotopic (exact) mass is 372 g/mol. The van der Waals surface area contributed by atoms with E-state index < -0.39 is 22.0 Å². The van der Waals surface area contributed by atoms with Gasteiger partial charge in [0.2, 0.25) is 15.9 Å². The Morgan fingerprint density at radius 2 is 1.77 bits per heavy atom. The van der Waals surface area contributed by atoms with Crippen LogP contribution in [0.2, 0.25) is 0 Å². The van der Waals surface area contributed by atoms with Crippen LogP contribution >= 0.6 is 0 Å². The van der Waals surface area contributed by atoms with Crippen molar-refractivity contribution in [1.29, 1.82) is 0 Å². The molecule has 0 aliphatic carbocycles. The van der Waals surface area contributed by atoms with E-state index in [-0.39, 0.29) is 6.54 Å². The number of benzene rings is 2. The van der Waals surface area contributed by atoms with Crippen LogP contribution in [0.4, 0.5) is 0 Å². The summed E-state index contributed by atoms with van der Waals surface area (Å²) >= 11 is 0. The zero-order valence-corrected chi connectivity index (χ0v) is 15.4. The minimum absolute atomic E-state index is 0.262. The van der Waals surface area contributed by atoms with Gasteiger partial charge in [0.25, 0.3) is 0 Å². The van der Waals surface area contributed by atoms with E-state index in [1.807, 2.05) is 60.7 Å². The minimum Gasteiger partial charge on any atom is -0.459 e. The summed E-state index contributed by atoms with van der Waals surface area (Å²) in [5.74, 6) is 0.181. The number of nitrogens with one attached hydrogen (secondary N) is 1. The van der Waals surface area contributed by atoms with Crippen LogP contribution in [0.25, 0.3) is 11.0 Å². The number of carbonyl (C=O) groups excluding carboxylic acids is 1. The van der Waals surface area contributed by atoms with Crippen LogP contribution in [0.15, 0.2) is 65.1 Å². The first-order chi connectivity index (χ1) is 12.3. The molecule has 0 saturated heterocycles. The lowest BCUT2D eigenvalue weighted by molar-refractivity contribution is -0.121. The van der Waals surface area contributed by atoms with Crippen LogP contribution < -0.4 is 5.32 Å². The number of likely N-dealkylation sites (N-methyl/N-ethyl adjacent to an activating group) is 1. The molecule has 26 heavy (non-hydrogen) atoms. The van der Waals surface area contributed by atoms with Gasteiger partial charge in [-0.1, -0.05) is 48.5 Å². The Morgan fingerprint density at radius 1 is 1.12 bits per heavy atom. The second-order valence-corrected chi connectivity index (χ2v) is 8.21. The number of carbonyl (C=O) groups is 1. The number of furan rings is 1. The van der Waals surface area contributed by atoms with E-state index in [2.05, 4.69) is 5.32 Å². The summed E-state index contributed by atoms with van der Waals surface area (Å²) in [7, 11) is -2.07. The molecule has 1 N–H and O–H groups in total. The highest BCUT2D eigenvalue weighted by Crippen LogP contribution is 2.28. The second kappa shape index (κ2) is 7.31. The van der Waals surface area contributed by atoms with Gasteiger partial charge in [-0.2, -0.15) is 4.31 Å². The summed E-state index contributed by atoms with van der Waals surface area (Å²) in [6, 6.07) is 18.4. The number of hydrogen-bond donors (Lipinski definition) is 1. The van der Waals surface area contributed by atoms with Crippen LogP contribution in [-0.4, -0.2) is 38.5 Å². The molecule has 0 fully saturated rings. The lowest BCUT2D eigenvalue weighted by atomic mass is 10.0.